The van der Waals surface area contributed by atoms with E-state index in [-0.39, 0.29) is 0 Å². The molecule has 2 rings (SSSR count). The zero-order valence-corrected chi connectivity index (χ0v) is 7.60. The minimum Gasteiger partial charge on any atom is -0.398 e. The summed E-state index contributed by atoms with van der Waals surface area (Å²) in [7, 11) is 0. The molecule has 0 bridgehead atoms. The number of nitrogen functional groups attached to an aromatic ring is 1. The van der Waals surface area contributed by atoms with Crippen LogP contribution in [0.5, 0.6) is 0 Å². The van der Waals surface area contributed by atoms with Gasteiger partial charge in [0.05, 0.1) is 6.20 Å². The average Bonchev–Trinajstić information content (AvgIpc) is 2.71. The fourth-order valence-corrected chi connectivity index (χ4v) is 1.31. The summed E-state index contributed by atoms with van der Waals surface area (Å²) in [5.74, 6) is 0. The molecule has 0 aliphatic heterocycles. The summed E-state index contributed by atoms with van der Waals surface area (Å²) in [6, 6.07) is 5.70. The van der Waals surface area contributed by atoms with E-state index in [0.29, 0.717) is 12.2 Å². The smallest absolute Gasteiger partial charge is 0.131 e. The van der Waals surface area contributed by atoms with Crippen LogP contribution in [-0.2, 0) is 6.54 Å². The highest BCUT2D eigenvalue weighted by Gasteiger charge is 2.03. The Hall–Kier alpha value is -1.81. The Morgan fingerprint density at radius 2 is 2.14 bits per heavy atom. The van der Waals surface area contributed by atoms with Crippen molar-refractivity contribution >= 4 is 5.69 Å². The molecule has 2 aromatic rings. The minimum atomic E-state index is 0.435. The molecule has 0 saturated heterocycles. The highest BCUT2D eigenvalue weighted by molar-refractivity contribution is 5.66. The first-order chi connectivity index (χ1) is 6.81. The lowest BCUT2D eigenvalue weighted by Gasteiger charge is -2.04. The van der Waals surface area contributed by atoms with E-state index in [4.69, 9.17) is 16.0 Å². The summed E-state index contributed by atoms with van der Waals surface area (Å²) in [6.45, 7) is 0.435. The number of hydrogen-bond donors (Lipinski definition) is 2. The van der Waals surface area contributed by atoms with Crippen molar-refractivity contribution in [3.05, 3.63) is 36.2 Å². The summed E-state index contributed by atoms with van der Waals surface area (Å²) in [5.41, 5.74) is 14.9. The maximum absolute atomic E-state index is 5.73. The van der Waals surface area contributed by atoms with Crippen LogP contribution in [0.1, 0.15) is 5.56 Å². The van der Waals surface area contributed by atoms with Gasteiger partial charge in [-0.25, -0.2) is 0 Å². The minimum absolute atomic E-state index is 0.435. The third-order valence-corrected chi connectivity index (χ3v) is 2.13. The molecule has 0 atom stereocenters. The lowest BCUT2D eigenvalue weighted by molar-refractivity contribution is 0.420. The number of anilines is 1. The first-order valence-electron chi connectivity index (χ1n) is 4.29. The van der Waals surface area contributed by atoms with Crippen molar-refractivity contribution < 1.29 is 4.52 Å². The molecule has 14 heavy (non-hydrogen) atoms. The molecule has 0 fully saturated rings. The van der Waals surface area contributed by atoms with Crippen molar-refractivity contribution in [2.24, 2.45) is 5.73 Å². The Morgan fingerprint density at radius 1 is 1.29 bits per heavy atom. The molecule has 1 heterocycles. The summed E-state index contributed by atoms with van der Waals surface area (Å²) < 4.78 is 4.76. The average molecular weight is 189 g/mol. The van der Waals surface area contributed by atoms with E-state index in [1.54, 1.807) is 12.5 Å². The topological polar surface area (TPSA) is 78.1 Å². The number of nitrogens with zero attached hydrogens (tertiary/aromatic N) is 1. The maximum atomic E-state index is 5.73. The molecule has 1 aromatic heterocycles. The monoisotopic (exact) mass is 189 g/mol. The van der Waals surface area contributed by atoms with Crippen LogP contribution in [0.15, 0.2) is 35.2 Å². The maximum Gasteiger partial charge on any atom is 0.131 e. The highest BCUT2D eigenvalue weighted by atomic mass is 16.5. The molecule has 0 spiro atoms. The molecule has 0 saturated carbocycles. The molecular weight excluding hydrogens is 178 g/mol. The van der Waals surface area contributed by atoms with Gasteiger partial charge in [0.15, 0.2) is 0 Å². The molecule has 0 aliphatic rings. The second kappa shape index (κ2) is 3.51. The van der Waals surface area contributed by atoms with Crippen molar-refractivity contribution in [2.75, 3.05) is 5.73 Å². The summed E-state index contributed by atoms with van der Waals surface area (Å²) in [5, 5.41) is 3.64. The van der Waals surface area contributed by atoms with Gasteiger partial charge >= 0.3 is 0 Å². The molecule has 0 aliphatic carbocycles. The SMILES string of the molecule is NCc1cc(-c2cnoc2)ccc1N. The number of nitrogens with two attached hydrogens (primary N) is 2. The summed E-state index contributed by atoms with van der Waals surface area (Å²) in [6.07, 6.45) is 3.25. The van der Waals surface area contributed by atoms with Gasteiger partial charge in [-0.05, 0) is 23.3 Å². The number of hydrogen-bond acceptors (Lipinski definition) is 4. The normalized spacial score (nSPS) is 10.4. The second-order valence-electron chi connectivity index (χ2n) is 3.03. The van der Waals surface area contributed by atoms with Crippen LogP contribution < -0.4 is 11.5 Å². The molecule has 1 aromatic carbocycles. The van der Waals surface area contributed by atoms with E-state index in [2.05, 4.69) is 5.16 Å². The summed E-state index contributed by atoms with van der Waals surface area (Å²) in [4.78, 5) is 0. The molecule has 0 amide bonds. The predicted molar refractivity (Wildman–Crippen MR) is 54.2 cm³/mol. The molecule has 0 radical (unpaired) electrons. The number of aromatic nitrogens is 1. The highest BCUT2D eigenvalue weighted by Crippen LogP contribution is 2.22. The Morgan fingerprint density at radius 3 is 2.79 bits per heavy atom. The van der Waals surface area contributed by atoms with E-state index >= 15 is 0 Å². The molecule has 4 nitrogen and oxygen atoms in total. The van der Waals surface area contributed by atoms with E-state index in [1.807, 2.05) is 18.2 Å². The Balaban J connectivity index is 2.46. The standard InChI is InChI=1S/C10H11N3O/c11-4-8-3-7(1-2-10(8)12)9-5-13-14-6-9/h1-3,5-6H,4,11-12H2. The second-order valence-corrected chi connectivity index (χ2v) is 3.03. The fraction of sp³-hybridized carbons (Fsp3) is 0.100. The third kappa shape index (κ3) is 1.47. The van der Waals surface area contributed by atoms with E-state index in [1.165, 1.54) is 0 Å². The van der Waals surface area contributed by atoms with Crippen molar-refractivity contribution in [1.82, 2.24) is 5.16 Å². The largest absolute Gasteiger partial charge is 0.398 e. The predicted octanol–water partition coefficient (Wildman–Crippen LogP) is 1.38. The zero-order valence-electron chi connectivity index (χ0n) is 7.60. The molecule has 4 N–H and O–H groups in total. The first-order valence-corrected chi connectivity index (χ1v) is 4.29. The molecule has 4 heteroatoms. The van der Waals surface area contributed by atoms with Crippen LogP contribution in [-0.4, -0.2) is 5.16 Å². The van der Waals surface area contributed by atoms with Crippen molar-refractivity contribution in [3.63, 3.8) is 0 Å². The van der Waals surface area contributed by atoms with Crippen LogP contribution in [0.3, 0.4) is 0 Å². The lowest BCUT2D eigenvalue weighted by Crippen LogP contribution is -2.01. The van der Waals surface area contributed by atoms with Crippen LogP contribution in [0, 0.1) is 0 Å². The number of benzene rings is 1. The zero-order chi connectivity index (χ0) is 9.97. The third-order valence-electron chi connectivity index (χ3n) is 2.13. The van der Waals surface area contributed by atoms with Gasteiger partial charge < -0.3 is 16.0 Å². The molecular formula is C10H11N3O. The van der Waals surface area contributed by atoms with Gasteiger partial charge in [0, 0.05) is 17.8 Å². The van der Waals surface area contributed by atoms with Gasteiger partial charge in [-0.2, -0.15) is 0 Å². The van der Waals surface area contributed by atoms with Crippen LogP contribution in [0.4, 0.5) is 5.69 Å². The van der Waals surface area contributed by atoms with E-state index in [0.717, 1.165) is 16.7 Å². The van der Waals surface area contributed by atoms with Gasteiger partial charge in [-0.15, -0.1) is 0 Å². The lowest BCUT2D eigenvalue weighted by atomic mass is 10.1. The Kier molecular flexibility index (Phi) is 2.20. The van der Waals surface area contributed by atoms with Crippen LogP contribution in [0.2, 0.25) is 0 Å². The Labute approximate surface area is 81.5 Å². The van der Waals surface area contributed by atoms with Gasteiger partial charge in [-0.3, -0.25) is 0 Å². The van der Waals surface area contributed by atoms with Gasteiger partial charge in [0.2, 0.25) is 0 Å². The van der Waals surface area contributed by atoms with Gasteiger partial charge in [-0.1, -0.05) is 11.2 Å². The van der Waals surface area contributed by atoms with E-state index < -0.39 is 0 Å². The Bertz CT molecular complexity index is 423. The fourth-order valence-electron chi connectivity index (χ4n) is 1.31. The molecule has 0 unspecified atom stereocenters. The van der Waals surface area contributed by atoms with Gasteiger partial charge in [0.1, 0.15) is 6.26 Å². The van der Waals surface area contributed by atoms with Crippen LogP contribution >= 0.6 is 0 Å². The number of rotatable bonds is 2. The quantitative estimate of drug-likeness (QED) is 0.699. The summed E-state index contributed by atoms with van der Waals surface area (Å²) >= 11 is 0. The van der Waals surface area contributed by atoms with E-state index in [9.17, 15) is 0 Å². The van der Waals surface area contributed by atoms with Crippen molar-refractivity contribution in [2.45, 2.75) is 6.54 Å². The van der Waals surface area contributed by atoms with Gasteiger partial charge in [0.25, 0.3) is 0 Å². The first kappa shape index (κ1) is 8.77. The molecule has 72 valence electrons. The van der Waals surface area contributed by atoms with Crippen molar-refractivity contribution in [1.29, 1.82) is 0 Å². The van der Waals surface area contributed by atoms with Crippen LogP contribution in [0.25, 0.3) is 11.1 Å². The van der Waals surface area contributed by atoms with Crippen molar-refractivity contribution in [3.8, 4) is 11.1 Å².